The molecule has 1 heterocycles. The Hall–Kier alpha value is -0.930. The lowest BCUT2D eigenvalue weighted by atomic mass is 10.0. The summed E-state index contributed by atoms with van der Waals surface area (Å²) in [6.07, 6.45) is 3.56. The monoisotopic (exact) mass is 250 g/mol. The lowest BCUT2D eigenvalue weighted by Gasteiger charge is -2.34. The number of piperidine rings is 1. The fourth-order valence-electron chi connectivity index (χ4n) is 2.67. The highest BCUT2D eigenvalue weighted by atomic mass is 19.1. The molecule has 18 heavy (non-hydrogen) atoms. The van der Waals surface area contributed by atoms with Crippen LogP contribution in [0.2, 0.25) is 0 Å². The van der Waals surface area contributed by atoms with Crippen LogP contribution in [0.15, 0.2) is 24.3 Å². The normalized spacial score (nSPS) is 20.3. The maximum absolute atomic E-state index is 13.7. The molecule has 0 radical (unpaired) electrons. The van der Waals surface area contributed by atoms with Crippen molar-refractivity contribution in [2.24, 2.45) is 0 Å². The smallest absolute Gasteiger partial charge is 0.127 e. The van der Waals surface area contributed by atoms with Crippen LogP contribution in [0.5, 0.6) is 0 Å². The Balaban J connectivity index is 2.03. The standard InChI is InChI=1S/C15H23FN2/c1-2-10-18(14-7-5-9-17-11-14)12-13-6-3-4-8-15(13)16/h3-4,6,8,14,17H,2,5,7,9-12H2,1H3. The SMILES string of the molecule is CCCN(Cc1ccccc1F)C1CCCNC1. The molecule has 100 valence electrons. The highest BCUT2D eigenvalue weighted by molar-refractivity contribution is 5.17. The van der Waals surface area contributed by atoms with Gasteiger partial charge in [-0.25, -0.2) is 4.39 Å². The lowest BCUT2D eigenvalue weighted by Crippen LogP contribution is -2.46. The van der Waals surface area contributed by atoms with Gasteiger partial charge in [-0.05, 0) is 38.4 Å². The van der Waals surface area contributed by atoms with Crippen molar-refractivity contribution in [3.8, 4) is 0 Å². The molecule has 0 spiro atoms. The number of hydrogen-bond donors (Lipinski definition) is 1. The Morgan fingerprint density at radius 1 is 1.39 bits per heavy atom. The van der Waals surface area contributed by atoms with Crippen LogP contribution in [-0.2, 0) is 6.54 Å². The van der Waals surface area contributed by atoms with Crippen LogP contribution in [-0.4, -0.2) is 30.6 Å². The van der Waals surface area contributed by atoms with Gasteiger partial charge >= 0.3 is 0 Å². The van der Waals surface area contributed by atoms with Crippen LogP contribution < -0.4 is 5.32 Å². The van der Waals surface area contributed by atoms with Crippen LogP contribution in [0.25, 0.3) is 0 Å². The van der Waals surface area contributed by atoms with Gasteiger partial charge in [0, 0.05) is 24.7 Å². The van der Waals surface area contributed by atoms with Crippen molar-refractivity contribution in [3.05, 3.63) is 35.6 Å². The van der Waals surface area contributed by atoms with Gasteiger partial charge in [0.2, 0.25) is 0 Å². The van der Waals surface area contributed by atoms with Crippen molar-refractivity contribution in [2.75, 3.05) is 19.6 Å². The zero-order valence-electron chi connectivity index (χ0n) is 11.2. The molecule has 1 aromatic carbocycles. The number of nitrogens with one attached hydrogen (secondary N) is 1. The van der Waals surface area contributed by atoms with Crippen LogP contribution in [0.1, 0.15) is 31.7 Å². The average molecular weight is 250 g/mol. The predicted molar refractivity (Wildman–Crippen MR) is 73.0 cm³/mol. The minimum atomic E-state index is -0.0811. The predicted octanol–water partition coefficient (Wildman–Crippen LogP) is 2.79. The van der Waals surface area contributed by atoms with E-state index in [4.69, 9.17) is 0 Å². The first-order valence-electron chi connectivity index (χ1n) is 6.99. The van der Waals surface area contributed by atoms with Crippen molar-refractivity contribution in [3.63, 3.8) is 0 Å². The molecule has 3 heteroatoms. The molecule has 0 aromatic heterocycles. The molecular formula is C15H23FN2. The van der Waals surface area contributed by atoms with Crippen LogP contribution in [0.3, 0.4) is 0 Å². The molecule has 1 atom stereocenters. The lowest BCUT2D eigenvalue weighted by molar-refractivity contribution is 0.156. The molecule has 1 aromatic rings. The number of halogens is 1. The van der Waals surface area contributed by atoms with Crippen molar-refractivity contribution < 1.29 is 4.39 Å². The first-order chi connectivity index (χ1) is 8.81. The zero-order chi connectivity index (χ0) is 12.8. The summed E-state index contributed by atoms with van der Waals surface area (Å²) in [6, 6.07) is 7.68. The number of rotatable bonds is 5. The molecular weight excluding hydrogens is 227 g/mol. The van der Waals surface area contributed by atoms with Gasteiger partial charge in [0.25, 0.3) is 0 Å². The summed E-state index contributed by atoms with van der Waals surface area (Å²) in [5.41, 5.74) is 0.816. The van der Waals surface area contributed by atoms with E-state index in [1.807, 2.05) is 12.1 Å². The second-order valence-corrected chi connectivity index (χ2v) is 5.06. The van der Waals surface area contributed by atoms with Gasteiger partial charge < -0.3 is 5.32 Å². The Bertz CT molecular complexity index is 361. The summed E-state index contributed by atoms with van der Waals surface area (Å²) < 4.78 is 13.7. The summed E-state index contributed by atoms with van der Waals surface area (Å²) in [5.74, 6) is -0.0811. The van der Waals surface area contributed by atoms with Crippen LogP contribution in [0, 0.1) is 5.82 Å². The molecule has 2 rings (SSSR count). The minimum Gasteiger partial charge on any atom is -0.315 e. The first kappa shape index (κ1) is 13.5. The number of nitrogens with zero attached hydrogens (tertiary/aromatic N) is 1. The van der Waals surface area contributed by atoms with Gasteiger partial charge in [0.1, 0.15) is 5.82 Å². The maximum Gasteiger partial charge on any atom is 0.127 e. The minimum absolute atomic E-state index is 0.0811. The van der Waals surface area contributed by atoms with Gasteiger partial charge in [0.15, 0.2) is 0 Å². The van der Waals surface area contributed by atoms with Crippen LogP contribution >= 0.6 is 0 Å². The highest BCUT2D eigenvalue weighted by Gasteiger charge is 2.21. The summed E-state index contributed by atoms with van der Waals surface area (Å²) >= 11 is 0. The Morgan fingerprint density at radius 2 is 2.22 bits per heavy atom. The van der Waals surface area contributed by atoms with Gasteiger partial charge in [-0.15, -0.1) is 0 Å². The number of hydrogen-bond acceptors (Lipinski definition) is 2. The fourth-order valence-corrected chi connectivity index (χ4v) is 2.67. The summed E-state index contributed by atoms with van der Waals surface area (Å²) in [6.45, 7) is 6.11. The Kier molecular flexibility index (Phi) is 5.14. The molecule has 0 saturated carbocycles. The third-order valence-electron chi connectivity index (χ3n) is 3.63. The zero-order valence-corrected chi connectivity index (χ0v) is 11.2. The third-order valence-corrected chi connectivity index (χ3v) is 3.63. The van der Waals surface area contributed by atoms with E-state index in [-0.39, 0.29) is 5.82 Å². The van der Waals surface area contributed by atoms with E-state index in [9.17, 15) is 4.39 Å². The van der Waals surface area contributed by atoms with Crippen molar-refractivity contribution in [1.82, 2.24) is 10.2 Å². The van der Waals surface area contributed by atoms with Crippen molar-refractivity contribution in [1.29, 1.82) is 0 Å². The van der Waals surface area contributed by atoms with Gasteiger partial charge in [-0.1, -0.05) is 25.1 Å². The van der Waals surface area contributed by atoms with E-state index in [1.165, 1.54) is 12.8 Å². The number of benzene rings is 1. The van der Waals surface area contributed by atoms with Crippen molar-refractivity contribution >= 4 is 0 Å². The summed E-state index contributed by atoms with van der Waals surface area (Å²) in [7, 11) is 0. The Labute approximate surface area is 109 Å². The molecule has 1 fully saturated rings. The molecule has 0 aliphatic carbocycles. The molecule has 1 aliphatic heterocycles. The Morgan fingerprint density at radius 3 is 2.89 bits per heavy atom. The second-order valence-electron chi connectivity index (χ2n) is 5.06. The second kappa shape index (κ2) is 6.86. The van der Waals surface area contributed by atoms with E-state index < -0.39 is 0 Å². The molecule has 0 amide bonds. The van der Waals surface area contributed by atoms with Crippen molar-refractivity contribution in [2.45, 2.75) is 38.8 Å². The quantitative estimate of drug-likeness (QED) is 0.864. The van der Waals surface area contributed by atoms with Gasteiger partial charge in [0.05, 0.1) is 0 Å². The van der Waals surface area contributed by atoms with E-state index in [2.05, 4.69) is 17.1 Å². The molecule has 1 aliphatic rings. The summed E-state index contributed by atoms with van der Waals surface area (Å²) in [5, 5.41) is 3.44. The summed E-state index contributed by atoms with van der Waals surface area (Å²) in [4.78, 5) is 2.42. The third kappa shape index (κ3) is 3.53. The molecule has 1 N–H and O–H groups in total. The van der Waals surface area contributed by atoms with E-state index in [1.54, 1.807) is 12.1 Å². The molecule has 1 unspecified atom stereocenters. The largest absolute Gasteiger partial charge is 0.315 e. The van der Waals surface area contributed by atoms with Gasteiger partial charge in [-0.2, -0.15) is 0 Å². The topological polar surface area (TPSA) is 15.3 Å². The average Bonchev–Trinajstić information content (AvgIpc) is 2.42. The van der Waals surface area contributed by atoms with Crippen LogP contribution in [0.4, 0.5) is 4.39 Å². The first-order valence-corrected chi connectivity index (χ1v) is 6.99. The van der Waals surface area contributed by atoms with E-state index in [0.717, 1.165) is 38.2 Å². The maximum atomic E-state index is 13.7. The molecule has 1 saturated heterocycles. The fraction of sp³-hybridized carbons (Fsp3) is 0.600. The highest BCUT2D eigenvalue weighted by Crippen LogP contribution is 2.16. The molecule has 0 bridgehead atoms. The molecule has 2 nitrogen and oxygen atoms in total. The van der Waals surface area contributed by atoms with E-state index >= 15 is 0 Å². The van der Waals surface area contributed by atoms with Gasteiger partial charge in [-0.3, -0.25) is 4.90 Å². The van der Waals surface area contributed by atoms with E-state index in [0.29, 0.717) is 6.04 Å².